The first-order valence-corrected chi connectivity index (χ1v) is 14.4. The van der Waals surface area contributed by atoms with E-state index in [1.165, 1.54) is 27.1 Å². The van der Waals surface area contributed by atoms with Gasteiger partial charge in [-0.05, 0) is 77.5 Å². The van der Waals surface area contributed by atoms with Gasteiger partial charge in [0.25, 0.3) is 0 Å². The van der Waals surface area contributed by atoms with Gasteiger partial charge >= 0.3 is 11.9 Å². The number of para-hydroxylation sites is 1. The summed E-state index contributed by atoms with van der Waals surface area (Å²) in [6, 6.07) is 31.8. The van der Waals surface area contributed by atoms with Crippen LogP contribution in [0.1, 0.15) is 36.7 Å². The van der Waals surface area contributed by atoms with Crippen molar-refractivity contribution >= 4 is 33.4 Å². The van der Waals surface area contributed by atoms with Gasteiger partial charge in [-0.25, -0.2) is 9.59 Å². The van der Waals surface area contributed by atoms with Crippen LogP contribution >= 0.6 is 11.3 Å². The SMILES string of the molecule is O=C(O)c1ccc(CN(CCOc2ccc(C(=O)O)cc2)CCc2ccccc2OCc2cc3ccccc3s2)cc1. The molecule has 0 saturated heterocycles. The second-order valence-electron chi connectivity index (χ2n) is 9.85. The molecule has 0 aliphatic carbocycles. The molecule has 4 aromatic carbocycles. The number of hydrogen-bond acceptors (Lipinski definition) is 6. The molecule has 0 aliphatic rings. The Morgan fingerprint density at radius 2 is 1.40 bits per heavy atom. The molecule has 0 radical (unpaired) electrons. The van der Waals surface area contributed by atoms with E-state index in [0.29, 0.717) is 32.1 Å². The van der Waals surface area contributed by atoms with Crippen LogP contribution in [0.3, 0.4) is 0 Å². The lowest BCUT2D eigenvalue weighted by molar-refractivity contribution is 0.0686. The Morgan fingerprint density at radius 1 is 0.738 bits per heavy atom. The Bertz CT molecular complexity index is 1610. The molecule has 0 spiro atoms. The zero-order valence-corrected chi connectivity index (χ0v) is 23.8. The molecule has 5 aromatic rings. The summed E-state index contributed by atoms with van der Waals surface area (Å²) in [4.78, 5) is 25.8. The highest BCUT2D eigenvalue weighted by molar-refractivity contribution is 7.19. The molecule has 1 aromatic heterocycles. The monoisotopic (exact) mass is 581 g/mol. The number of carboxylic acids is 2. The minimum Gasteiger partial charge on any atom is -0.492 e. The third-order valence-corrected chi connectivity index (χ3v) is 7.99. The molecule has 0 bridgehead atoms. The first-order valence-electron chi connectivity index (χ1n) is 13.6. The van der Waals surface area contributed by atoms with Crippen molar-refractivity contribution in [3.63, 3.8) is 0 Å². The van der Waals surface area contributed by atoms with Crippen molar-refractivity contribution in [2.75, 3.05) is 19.7 Å². The Labute approximate surface area is 248 Å². The zero-order valence-electron chi connectivity index (χ0n) is 22.9. The van der Waals surface area contributed by atoms with E-state index in [1.807, 2.05) is 42.5 Å². The van der Waals surface area contributed by atoms with E-state index in [2.05, 4.69) is 29.2 Å². The van der Waals surface area contributed by atoms with Gasteiger partial charge < -0.3 is 19.7 Å². The number of aromatic carboxylic acids is 2. The number of hydrogen-bond donors (Lipinski definition) is 2. The van der Waals surface area contributed by atoms with Gasteiger partial charge in [0.05, 0.1) is 11.1 Å². The lowest BCUT2D eigenvalue weighted by atomic mass is 10.1. The van der Waals surface area contributed by atoms with Crippen molar-refractivity contribution in [2.24, 2.45) is 0 Å². The molecule has 0 aliphatic heterocycles. The van der Waals surface area contributed by atoms with Crippen molar-refractivity contribution in [1.82, 2.24) is 4.90 Å². The highest BCUT2D eigenvalue weighted by Gasteiger charge is 2.12. The molecule has 0 atom stereocenters. The van der Waals surface area contributed by atoms with Crippen molar-refractivity contribution < 1.29 is 29.3 Å². The lowest BCUT2D eigenvalue weighted by Gasteiger charge is -2.23. The number of rotatable bonds is 14. The zero-order chi connectivity index (χ0) is 29.3. The number of ether oxygens (including phenoxy) is 2. The fourth-order valence-corrected chi connectivity index (χ4v) is 5.63. The summed E-state index contributed by atoms with van der Waals surface area (Å²) >= 11 is 1.74. The maximum atomic E-state index is 11.3. The van der Waals surface area contributed by atoms with Crippen molar-refractivity contribution in [3.8, 4) is 11.5 Å². The average molecular weight is 582 g/mol. The highest BCUT2D eigenvalue weighted by Crippen LogP contribution is 2.27. The fraction of sp³-hybridized carbons (Fsp3) is 0.176. The van der Waals surface area contributed by atoms with E-state index in [0.717, 1.165) is 29.8 Å². The lowest BCUT2D eigenvalue weighted by Crippen LogP contribution is -2.30. The Morgan fingerprint density at radius 3 is 2.12 bits per heavy atom. The van der Waals surface area contributed by atoms with Gasteiger partial charge in [0.2, 0.25) is 0 Å². The maximum absolute atomic E-state index is 11.3. The molecule has 214 valence electrons. The van der Waals surface area contributed by atoms with Crippen LogP contribution in [0.4, 0.5) is 0 Å². The second-order valence-corrected chi connectivity index (χ2v) is 11.0. The molecule has 2 N–H and O–H groups in total. The van der Waals surface area contributed by atoms with E-state index < -0.39 is 11.9 Å². The summed E-state index contributed by atoms with van der Waals surface area (Å²) in [6.45, 7) is 2.87. The molecule has 0 fully saturated rings. The fourth-order valence-electron chi connectivity index (χ4n) is 4.65. The van der Waals surface area contributed by atoms with E-state index in [9.17, 15) is 14.7 Å². The third kappa shape index (κ3) is 7.75. The summed E-state index contributed by atoms with van der Waals surface area (Å²) in [7, 11) is 0. The molecule has 0 saturated carbocycles. The van der Waals surface area contributed by atoms with E-state index >= 15 is 0 Å². The van der Waals surface area contributed by atoms with Gasteiger partial charge in [-0.1, -0.05) is 48.5 Å². The summed E-state index contributed by atoms with van der Waals surface area (Å²) in [6.07, 6.45) is 0.753. The molecule has 7 nitrogen and oxygen atoms in total. The number of nitrogens with zero attached hydrogens (tertiary/aromatic N) is 1. The minimum absolute atomic E-state index is 0.210. The van der Waals surface area contributed by atoms with Crippen LogP contribution in [-0.4, -0.2) is 46.7 Å². The van der Waals surface area contributed by atoms with Gasteiger partial charge in [-0.15, -0.1) is 11.3 Å². The molecular weight excluding hydrogens is 550 g/mol. The largest absolute Gasteiger partial charge is 0.492 e. The topological polar surface area (TPSA) is 96.3 Å². The number of benzene rings is 4. The third-order valence-electron chi connectivity index (χ3n) is 6.90. The molecule has 1 heterocycles. The van der Waals surface area contributed by atoms with Gasteiger partial charge in [0.1, 0.15) is 24.7 Å². The van der Waals surface area contributed by atoms with E-state index in [-0.39, 0.29) is 11.1 Å². The van der Waals surface area contributed by atoms with E-state index in [4.69, 9.17) is 14.6 Å². The Balaban J connectivity index is 1.23. The minimum atomic E-state index is -0.977. The second kappa shape index (κ2) is 13.8. The normalized spacial score (nSPS) is 11.1. The Kier molecular flexibility index (Phi) is 9.48. The van der Waals surface area contributed by atoms with Gasteiger partial charge in [0.15, 0.2) is 0 Å². The maximum Gasteiger partial charge on any atom is 0.335 e. The quantitative estimate of drug-likeness (QED) is 0.146. The number of thiophene rings is 1. The first-order chi connectivity index (χ1) is 20.4. The Hall–Kier alpha value is -4.66. The summed E-state index contributed by atoms with van der Waals surface area (Å²) in [5.41, 5.74) is 2.57. The number of carboxylic acid groups (broad SMARTS) is 2. The average Bonchev–Trinajstić information content (AvgIpc) is 3.43. The van der Waals surface area contributed by atoms with Gasteiger partial charge in [-0.2, -0.15) is 0 Å². The van der Waals surface area contributed by atoms with Gasteiger partial charge in [-0.3, -0.25) is 4.90 Å². The predicted octanol–water partition coefficient (Wildman–Crippen LogP) is 7.00. The van der Waals surface area contributed by atoms with E-state index in [1.54, 1.807) is 35.6 Å². The number of fused-ring (bicyclic) bond motifs is 1. The van der Waals surface area contributed by atoms with Crippen molar-refractivity contribution in [3.05, 3.63) is 130 Å². The van der Waals surface area contributed by atoms with Gasteiger partial charge in [0, 0.05) is 29.2 Å². The summed E-state index contributed by atoms with van der Waals surface area (Å²) in [5, 5.41) is 19.6. The molecule has 0 amide bonds. The van der Waals surface area contributed by atoms with Crippen molar-refractivity contribution in [2.45, 2.75) is 19.6 Å². The van der Waals surface area contributed by atoms with Crippen molar-refractivity contribution in [1.29, 1.82) is 0 Å². The summed E-state index contributed by atoms with van der Waals surface area (Å²) < 4.78 is 13.4. The summed E-state index contributed by atoms with van der Waals surface area (Å²) in [5.74, 6) is -0.469. The van der Waals surface area contributed by atoms with Crippen LogP contribution in [0, 0.1) is 0 Å². The number of carbonyl (C=O) groups is 2. The van der Waals surface area contributed by atoms with Crippen LogP contribution in [0.5, 0.6) is 11.5 Å². The van der Waals surface area contributed by atoms with Crippen LogP contribution in [0.15, 0.2) is 103 Å². The molecule has 0 unspecified atom stereocenters. The predicted molar refractivity (Wildman–Crippen MR) is 164 cm³/mol. The molecular formula is C34H31NO6S. The highest BCUT2D eigenvalue weighted by atomic mass is 32.1. The first kappa shape index (κ1) is 28.9. The smallest absolute Gasteiger partial charge is 0.335 e. The molecule has 8 heteroatoms. The van der Waals surface area contributed by atoms with Crippen LogP contribution < -0.4 is 9.47 Å². The molecule has 42 heavy (non-hydrogen) atoms. The standard InChI is InChI=1S/C34H31NO6S/c36-33(37)26-11-9-24(10-12-26)22-35(19-20-40-29-15-13-27(14-16-29)34(38)39)18-17-25-5-1-3-7-31(25)41-23-30-21-28-6-2-4-8-32(28)42-30/h1-16,21H,17-20,22-23H2,(H,36,37)(H,38,39). The van der Waals surface area contributed by atoms with Crippen LogP contribution in [0.25, 0.3) is 10.1 Å². The molecule has 5 rings (SSSR count). The van der Waals surface area contributed by atoms with Crippen LogP contribution in [0.2, 0.25) is 0 Å². The van der Waals surface area contributed by atoms with Crippen LogP contribution in [-0.2, 0) is 19.6 Å².